The van der Waals surface area contributed by atoms with Gasteiger partial charge in [-0.15, -0.1) is 11.3 Å². The highest BCUT2D eigenvalue weighted by Crippen LogP contribution is 2.34. The van der Waals surface area contributed by atoms with E-state index >= 15 is 0 Å². The van der Waals surface area contributed by atoms with Gasteiger partial charge >= 0.3 is 5.97 Å². The van der Waals surface area contributed by atoms with E-state index in [4.69, 9.17) is 10.00 Å². The Morgan fingerprint density at radius 3 is 3.21 bits per heavy atom. The van der Waals surface area contributed by atoms with Gasteiger partial charge in [0.25, 0.3) is 0 Å². The number of thiophene rings is 1. The van der Waals surface area contributed by atoms with Crippen molar-refractivity contribution in [3.63, 3.8) is 0 Å². The van der Waals surface area contributed by atoms with Crippen LogP contribution in [-0.2, 0) is 9.53 Å². The number of ether oxygens (including phenoxy) is 1. The maximum atomic E-state index is 11.6. The zero-order valence-corrected chi connectivity index (χ0v) is 11.7. The number of rotatable bonds is 4. The minimum absolute atomic E-state index is 0.0744. The monoisotopic (exact) mass is 276 g/mol. The number of esters is 1. The predicted molar refractivity (Wildman–Crippen MR) is 73.3 cm³/mol. The number of likely N-dealkylation sites (tertiary alicyclic amines) is 1. The Morgan fingerprint density at radius 2 is 2.58 bits per heavy atom. The zero-order valence-electron chi connectivity index (χ0n) is 10.8. The maximum absolute atomic E-state index is 11.6. The molecule has 0 spiro atoms. The topological polar surface area (TPSA) is 53.3 Å². The number of nitriles is 1. The minimum Gasteiger partial charge on any atom is -0.462 e. The second kappa shape index (κ2) is 6.39. The van der Waals surface area contributed by atoms with Crippen LogP contribution in [0.1, 0.15) is 30.7 Å². The van der Waals surface area contributed by atoms with Crippen molar-refractivity contribution in [2.45, 2.75) is 25.8 Å². The van der Waals surface area contributed by atoms with Crippen LogP contribution in [0.3, 0.4) is 0 Å². The smallest absolute Gasteiger partial charge is 0.350 e. The Kier molecular flexibility index (Phi) is 4.58. The average Bonchev–Trinajstić information content (AvgIpc) is 3.06. The van der Waals surface area contributed by atoms with E-state index in [1.165, 1.54) is 4.88 Å². The minimum atomic E-state index is -0.540. The van der Waals surface area contributed by atoms with Crippen molar-refractivity contribution in [2.24, 2.45) is 0 Å². The van der Waals surface area contributed by atoms with Crippen molar-refractivity contribution in [3.05, 3.63) is 34.2 Å². The predicted octanol–water partition coefficient (Wildman–Crippen LogP) is 2.86. The molecule has 0 bridgehead atoms. The Bertz CT molecular complexity index is 502. The quantitative estimate of drug-likeness (QED) is 0.482. The van der Waals surface area contributed by atoms with Gasteiger partial charge in [0.2, 0.25) is 0 Å². The molecule has 0 aromatic carbocycles. The number of hydrogen-bond acceptors (Lipinski definition) is 5. The first-order valence-electron chi connectivity index (χ1n) is 6.34. The number of nitrogens with zero attached hydrogens (tertiary/aromatic N) is 2. The molecule has 1 fully saturated rings. The molecule has 2 heterocycles. The summed E-state index contributed by atoms with van der Waals surface area (Å²) in [5.74, 6) is -0.540. The van der Waals surface area contributed by atoms with E-state index in [-0.39, 0.29) is 18.2 Å². The van der Waals surface area contributed by atoms with Crippen LogP contribution in [0, 0.1) is 11.3 Å². The SMILES string of the molecule is CCOC(=O)/C(C#N)=C/N1CCC[C@@H]1c1cccs1. The van der Waals surface area contributed by atoms with Crippen molar-refractivity contribution < 1.29 is 9.53 Å². The molecular formula is C14H16N2O2S. The van der Waals surface area contributed by atoms with Gasteiger partial charge < -0.3 is 9.64 Å². The van der Waals surface area contributed by atoms with Gasteiger partial charge in [-0.25, -0.2) is 4.79 Å². The van der Waals surface area contributed by atoms with Crippen molar-refractivity contribution >= 4 is 17.3 Å². The van der Waals surface area contributed by atoms with Gasteiger partial charge in [-0.2, -0.15) is 5.26 Å². The standard InChI is InChI=1S/C14H16N2O2S/c1-2-18-14(17)11(9-15)10-16-7-3-5-12(16)13-6-4-8-19-13/h4,6,8,10,12H,2-3,5,7H2,1H3/b11-10+/t12-/m1/s1. The summed E-state index contributed by atoms with van der Waals surface area (Å²) in [6.45, 7) is 2.89. The van der Waals surface area contributed by atoms with Gasteiger partial charge in [-0.3, -0.25) is 0 Å². The van der Waals surface area contributed by atoms with Crippen LogP contribution in [0.15, 0.2) is 29.3 Å². The first kappa shape index (κ1) is 13.6. The second-order valence-electron chi connectivity index (χ2n) is 4.29. The fourth-order valence-corrected chi connectivity index (χ4v) is 3.11. The van der Waals surface area contributed by atoms with Gasteiger partial charge in [0, 0.05) is 17.6 Å². The van der Waals surface area contributed by atoms with Crippen molar-refractivity contribution in [1.82, 2.24) is 4.90 Å². The Hall–Kier alpha value is -1.80. The summed E-state index contributed by atoms with van der Waals surface area (Å²) in [5, 5.41) is 11.1. The first-order chi connectivity index (χ1) is 9.26. The number of hydrogen-bond donors (Lipinski definition) is 0. The van der Waals surface area contributed by atoms with Crippen molar-refractivity contribution in [2.75, 3.05) is 13.2 Å². The fraction of sp³-hybridized carbons (Fsp3) is 0.429. The molecule has 1 saturated heterocycles. The Balaban J connectivity index is 2.16. The summed E-state index contributed by atoms with van der Waals surface area (Å²) in [6, 6.07) is 6.32. The molecule has 0 unspecified atom stereocenters. The molecule has 4 nitrogen and oxygen atoms in total. The van der Waals surface area contributed by atoms with E-state index in [1.54, 1.807) is 24.5 Å². The lowest BCUT2D eigenvalue weighted by atomic mass is 10.2. The lowest BCUT2D eigenvalue weighted by Gasteiger charge is -2.21. The molecule has 1 atom stereocenters. The Labute approximate surface area is 116 Å². The van der Waals surface area contributed by atoms with Gasteiger partial charge in [0.15, 0.2) is 5.57 Å². The van der Waals surface area contributed by atoms with E-state index < -0.39 is 5.97 Å². The van der Waals surface area contributed by atoms with Crippen LogP contribution in [0.2, 0.25) is 0 Å². The molecule has 1 aliphatic heterocycles. The van der Waals surface area contributed by atoms with Gasteiger partial charge in [0.05, 0.1) is 12.6 Å². The summed E-state index contributed by atoms with van der Waals surface area (Å²) in [4.78, 5) is 15.0. The highest BCUT2D eigenvalue weighted by molar-refractivity contribution is 7.10. The van der Waals surface area contributed by atoms with Crippen LogP contribution in [-0.4, -0.2) is 24.0 Å². The van der Waals surface area contributed by atoms with Crippen molar-refractivity contribution in [1.29, 1.82) is 5.26 Å². The summed E-state index contributed by atoms with van der Waals surface area (Å²) < 4.78 is 4.88. The Morgan fingerprint density at radius 1 is 1.74 bits per heavy atom. The molecule has 1 aromatic rings. The normalized spacial score (nSPS) is 19.3. The molecular weight excluding hydrogens is 260 g/mol. The molecule has 0 radical (unpaired) electrons. The molecule has 100 valence electrons. The van der Waals surface area contributed by atoms with Crippen LogP contribution >= 0.6 is 11.3 Å². The van der Waals surface area contributed by atoms with Gasteiger partial charge in [-0.1, -0.05) is 6.07 Å². The summed E-state index contributed by atoms with van der Waals surface area (Å²) in [7, 11) is 0. The third-order valence-electron chi connectivity index (χ3n) is 3.08. The van der Waals surface area contributed by atoms with Crippen LogP contribution in [0.25, 0.3) is 0 Å². The third kappa shape index (κ3) is 3.15. The average molecular weight is 276 g/mol. The summed E-state index contributed by atoms with van der Waals surface area (Å²) >= 11 is 1.71. The van der Waals surface area contributed by atoms with Crippen molar-refractivity contribution in [3.8, 4) is 6.07 Å². The first-order valence-corrected chi connectivity index (χ1v) is 7.22. The van der Waals surface area contributed by atoms with Crippen LogP contribution in [0.4, 0.5) is 0 Å². The maximum Gasteiger partial charge on any atom is 0.350 e. The molecule has 2 rings (SSSR count). The van der Waals surface area contributed by atoms with E-state index in [1.807, 2.05) is 17.5 Å². The third-order valence-corrected chi connectivity index (χ3v) is 4.05. The number of carbonyl (C=O) groups excluding carboxylic acids is 1. The van der Waals surface area contributed by atoms with E-state index in [0.29, 0.717) is 0 Å². The van der Waals surface area contributed by atoms with Crippen LogP contribution < -0.4 is 0 Å². The molecule has 19 heavy (non-hydrogen) atoms. The lowest BCUT2D eigenvalue weighted by molar-refractivity contribution is -0.138. The summed E-state index contributed by atoms with van der Waals surface area (Å²) in [6.07, 6.45) is 3.77. The zero-order chi connectivity index (χ0) is 13.7. The highest BCUT2D eigenvalue weighted by atomic mass is 32.1. The molecule has 0 N–H and O–H groups in total. The van der Waals surface area contributed by atoms with E-state index in [9.17, 15) is 4.79 Å². The fourth-order valence-electron chi connectivity index (χ4n) is 2.23. The number of carbonyl (C=O) groups is 1. The second-order valence-corrected chi connectivity index (χ2v) is 5.27. The summed E-state index contributed by atoms with van der Waals surface area (Å²) in [5.41, 5.74) is 0.0744. The molecule has 0 amide bonds. The molecule has 0 aliphatic carbocycles. The van der Waals surface area contributed by atoms with E-state index in [0.717, 1.165) is 19.4 Å². The largest absolute Gasteiger partial charge is 0.462 e. The lowest BCUT2D eigenvalue weighted by Crippen LogP contribution is -2.19. The molecule has 1 aromatic heterocycles. The molecule has 1 aliphatic rings. The molecule has 0 saturated carbocycles. The molecule has 5 heteroatoms. The van der Waals surface area contributed by atoms with Gasteiger partial charge in [0.1, 0.15) is 6.07 Å². The van der Waals surface area contributed by atoms with Crippen LogP contribution in [0.5, 0.6) is 0 Å². The van der Waals surface area contributed by atoms with E-state index in [2.05, 4.69) is 11.0 Å². The van der Waals surface area contributed by atoms with Gasteiger partial charge in [-0.05, 0) is 31.2 Å². The highest BCUT2D eigenvalue weighted by Gasteiger charge is 2.26.